The first-order chi connectivity index (χ1) is 8.08. The number of nitrogens with zero attached hydrogens (tertiary/aromatic N) is 1. The monoisotopic (exact) mass is 230 g/mol. The van der Waals surface area contributed by atoms with E-state index < -0.39 is 12.0 Å². The van der Waals surface area contributed by atoms with Crippen molar-refractivity contribution >= 4 is 16.9 Å². The molecule has 3 N–H and O–H groups in total. The fraction of sp³-hybridized carbons (Fsp3) is 0.231. The quantitative estimate of drug-likeness (QED) is 0.837. The lowest BCUT2D eigenvalue weighted by Crippen LogP contribution is -2.32. The number of carboxylic acids is 1. The van der Waals surface area contributed by atoms with Gasteiger partial charge >= 0.3 is 5.97 Å². The van der Waals surface area contributed by atoms with E-state index in [1.165, 1.54) is 0 Å². The third kappa shape index (κ3) is 2.42. The zero-order chi connectivity index (χ0) is 12.4. The summed E-state index contributed by atoms with van der Waals surface area (Å²) in [6, 6.07) is 8.69. The Bertz CT molecular complexity index is 566. The molecule has 1 aromatic carbocycles. The van der Waals surface area contributed by atoms with Crippen LogP contribution in [0.3, 0.4) is 0 Å². The maximum Gasteiger partial charge on any atom is 0.320 e. The summed E-state index contributed by atoms with van der Waals surface area (Å²) in [4.78, 5) is 15.2. The number of carboxylic acid groups (broad SMARTS) is 1. The van der Waals surface area contributed by atoms with E-state index in [-0.39, 0.29) is 0 Å². The number of carbonyl (C=O) groups is 1. The third-order valence-electron chi connectivity index (χ3n) is 2.69. The van der Waals surface area contributed by atoms with Gasteiger partial charge in [0, 0.05) is 11.1 Å². The van der Waals surface area contributed by atoms with E-state index in [4.69, 9.17) is 10.8 Å². The summed E-state index contributed by atoms with van der Waals surface area (Å²) in [6.07, 6.45) is 0.319. The fourth-order valence-electron chi connectivity index (χ4n) is 1.89. The van der Waals surface area contributed by atoms with Gasteiger partial charge < -0.3 is 10.8 Å². The first-order valence-electron chi connectivity index (χ1n) is 5.41. The number of nitrogens with two attached hydrogens (primary N) is 1. The molecule has 2 aromatic rings. The van der Waals surface area contributed by atoms with Crippen molar-refractivity contribution in [1.82, 2.24) is 4.98 Å². The van der Waals surface area contributed by atoms with Gasteiger partial charge in [-0.05, 0) is 31.0 Å². The number of benzene rings is 1. The highest BCUT2D eigenvalue weighted by Crippen LogP contribution is 2.19. The molecule has 0 aliphatic rings. The molecule has 1 atom stereocenters. The van der Waals surface area contributed by atoms with Crippen molar-refractivity contribution < 1.29 is 9.90 Å². The molecular formula is C13H14N2O2. The molecule has 4 nitrogen and oxygen atoms in total. The minimum atomic E-state index is -0.983. The van der Waals surface area contributed by atoms with Crippen LogP contribution in [-0.4, -0.2) is 22.1 Å². The summed E-state index contributed by atoms with van der Waals surface area (Å²) in [5.41, 5.74) is 8.25. The van der Waals surface area contributed by atoms with E-state index in [0.29, 0.717) is 6.42 Å². The van der Waals surface area contributed by atoms with Gasteiger partial charge in [-0.2, -0.15) is 0 Å². The topological polar surface area (TPSA) is 76.2 Å². The predicted octanol–water partition coefficient (Wildman–Crippen LogP) is 1.50. The Balaban J connectivity index is 2.49. The number of fused-ring (bicyclic) bond motifs is 1. The Labute approximate surface area is 99.1 Å². The first-order valence-corrected chi connectivity index (χ1v) is 5.41. The van der Waals surface area contributed by atoms with Crippen LogP contribution in [0.4, 0.5) is 0 Å². The Morgan fingerprint density at radius 2 is 2.18 bits per heavy atom. The van der Waals surface area contributed by atoms with Gasteiger partial charge in [-0.15, -0.1) is 0 Å². The molecule has 0 saturated carbocycles. The Hall–Kier alpha value is -1.94. The van der Waals surface area contributed by atoms with Crippen molar-refractivity contribution in [3.63, 3.8) is 0 Å². The zero-order valence-corrected chi connectivity index (χ0v) is 9.55. The minimum Gasteiger partial charge on any atom is -0.480 e. The maximum absolute atomic E-state index is 10.8. The van der Waals surface area contributed by atoms with Crippen LogP contribution in [0.2, 0.25) is 0 Å². The van der Waals surface area contributed by atoms with Crippen molar-refractivity contribution in [2.24, 2.45) is 5.73 Å². The molecule has 0 spiro atoms. The summed E-state index contributed by atoms with van der Waals surface area (Å²) in [7, 11) is 0. The van der Waals surface area contributed by atoms with Crippen LogP contribution < -0.4 is 5.73 Å². The van der Waals surface area contributed by atoms with Crippen LogP contribution in [0.5, 0.6) is 0 Å². The van der Waals surface area contributed by atoms with Crippen LogP contribution in [0, 0.1) is 6.92 Å². The van der Waals surface area contributed by atoms with Crippen LogP contribution in [-0.2, 0) is 11.2 Å². The lowest BCUT2D eigenvalue weighted by molar-refractivity contribution is -0.138. The lowest BCUT2D eigenvalue weighted by Gasteiger charge is -2.10. The third-order valence-corrected chi connectivity index (χ3v) is 2.69. The number of aryl methyl sites for hydroxylation is 1. The van der Waals surface area contributed by atoms with Gasteiger partial charge in [-0.3, -0.25) is 9.78 Å². The largest absolute Gasteiger partial charge is 0.480 e. The molecule has 0 amide bonds. The number of aromatic nitrogens is 1. The molecule has 0 saturated heterocycles. The van der Waals surface area contributed by atoms with Gasteiger partial charge in [0.2, 0.25) is 0 Å². The lowest BCUT2D eigenvalue weighted by atomic mass is 10.0. The number of pyridine rings is 1. The van der Waals surface area contributed by atoms with Crippen molar-refractivity contribution in [2.45, 2.75) is 19.4 Å². The molecule has 88 valence electrons. The van der Waals surface area contributed by atoms with Crippen LogP contribution in [0.1, 0.15) is 11.3 Å². The van der Waals surface area contributed by atoms with Crippen molar-refractivity contribution in [3.05, 3.63) is 41.6 Å². The number of aliphatic carboxylic acids is 1. The van der Waals surface area contributed by atoms with E-state index >= 15 is 0 Å². The number of rotatable bonds is 3. The Morgan fingerprint density at radius 1 is 1.47 bits per heavy atom. The molecule has 1 aromatic heterocycles. The number of hydrogen-bond acceptors (Lipinski definition) is 3. The van der Waals surface area contributed by atoms with E-state index in [9.17, 15) is 4.79 Å². The number of hydrogen-bond donors (Lipinski definition) is 2. The summed E-state index contributed by atoms with van der Waals surface area (Å²) < 4.78 is 0. The fourth-order valence-corrected chi connectivity index (χ4v) is 1.89. The number of para-hydroxylation sites is 1. The summed E-state index contributed by atoms with van der Waals surface area (Å²) in [6.45, 7) is 1.89. The molecule has 1 heterocycles. The standard InChI is InChI=1S/C13H14N2O2/c1-8-6-9(7-11(14)13(16)17)10-4-2-3-5-12(10)15-8/h2-6,11H,7,14H2,1H3,(H,16,17). The molecule has 2 rings (SSSR count). The van der Waals surface area contributed by atoms with Gasteiger partial charge in [0.15, 0.2) is 0 Å². The molecule has 0 aliphatic carbocycles. The summed E-state index contributed by atoms with van der Waals surface area (Å²) in [5.74, 6) is -0.983. The van der Waals surface area contributed by atoms with Gasteiger partial charge in [-0.25, -0.2) is 0 Å². The molecule has 4 heteroatoms. The van der Waals surface area contributed by atoms with Crippen LogP contribution in [0.25, 0.3) is 10.9 Å². The van der Waals surface area contributed by atoms with E-state index in [0.717, 1.165) is 22.2 Å². The Morgan fingerprint density at radius 3 is 2.88 bits per heavy atom. The molecule has 0 bridgehead atoms. The average molecular weight is 230 g/mol. The SMILES string of the molecule is Cc1cc(CC(N)C(=O)O)c2ccccc2n1. The molecule has 17 heavy (non-hydrogen) atoms. The Kier molecular flexibility index (Phi) is 3.06. The highest BCUT2D eigenvalue weighted by Gasteiger charge is 2.14. The molecule has 0 fully saturated rings. The van der Waals surface area contributed by atoms with Crippen LogP contribution in [0.15, 0.2) is 30.3 Å². The highest BCUT2D eigenvalue weighted by atomic mass is 16.4. The summed E-state index contributed by atoms with van der Waals surface area (Å²) in [5, 5.41) is 9.81. The van der Waals surface area contributed by atoms with Crippen molar-refractivity contribution in [2.75, 3.05) is 0 Å². The summed E-state index contributed by atoms with van der Waals surface area (Å²) >= 11 is 0. The van der Waals surface area contributed by atoms with E-state index in [2.05, 4.69) is 4.98 Å². The van der Waals surface area contributed by atoms with Gasteiger partial charge in [0.25, 0.3) is 0 Å². The molecule has 0 aliphatic heterocycles. The zero-order valence-electron chi connectivity index (χ0n) is 9.55. The predicted molar refractivity (Wildman–Crippen MR) is 65.8 cm³/mol. The average Bonchev–Trinajstić information content (AvgIpc) is 2.28. The van der Waals surface area contributed by atoms with Gasteiger partial charge in [-0.1, -0.05) is 18.2 Å². The van der Waals surface area contributed by atoms with Gasteiger partial charge in [0.1, 0.15) is 6.04 Å². The second kappa shape index (κ2) is 4.51. The smallest absolute Gasteiger partial charge is 0.320 e. The van der Waals surface area contributed by atoms with Crippen molar-refractivity contribution in [1.29, 1.82) is 0 Å². The van der Waals surface area contributed by atoms with Crippen LogP contribution >= 0.6 is 0 Å². The maximum atomic E-state index is 10.8. The van der Waals surface area contributed by atoms with E-state index in [1.54, 1.807) is 0 Å². The second-order valence-corrected chi connectivity index (χ2v) is 4.09. The first kappa shape index (κ1) is 11.5. The minimum absolute atomic E-state index is 0.319. The van der Waals surface area contributed by atoms with Crippen molar-refractivity contribution in [3.8, 4) is 0 Å². The van der Waals surface area contributed by atoms with E-state index in [1.807, 2.05) is 37.3 Å². The highest BCUT2D eigenvalue weighted by molar-refractivity contribution is 5.83. The molecule has 1 unspecified atom stereocenters. The van der Waals surface area contributed by atoms with Gasteiger partial charge in [0.05, 0.1) is 5.52 Å². The normalized spacial score (nSPS) is 12.6. The molecular weight excluding hydrogens is 216 g/mol. The second-order valence-electron chi connectivity index (χ2n) is 4.09. The molecule has 0 radical (unpaired) electrons.